The number of benzene rings is 3. The number of rotatable bonds is 5. The molecule has 0 spiro atoms. The summed E-state index contributed by atoms with van der Waals surface area (Å²) < 4.78 is 0. The molecule has 1 aliphatic heterocycles. The summed E-state index contributed by atoms with van der Waals surface area (Å²) in [6, 6.07) is 25.5. The molecule has 1 atom stereocenters. The molecule has 5 heteroatoms. The molecule has 1 saturated heterocycles. The second-order valence-electron chi connectivity index (χ2n) is 7.01. The van der Waals surface area contributed by atoms with E-state index in [0.29, 0.717) is 16.4 Å². The topological polar surface area (TPSA) is 40.6 Å². The fourth-order valence-electron chi connectivity index (χ4n) is 3.50. The van der Waals surface area contributed by atoms with E-state index < -0.39 is 6.04 Å². The molecule has 4 rings (SSSR count). The summed E-state index contributed by atoms with van der Waals surface area (Å²) in [5.74, 6) is -0.271. The highest BCUT2D eigenvalue weighted by Gasteiger charge is 2.44. The Labute approximate surface area is 175 Å². The SMILES string of the molecule is Cc1ccc(C(=O)C[C@@H]2C(=O)N(c3ccccc3)C(=S)N2c2ccccc2)cc1. The molecular formula is C24H20N2O2S. The zero-order valence-electron chi connectivity index (χ0n) is 16.0. The molecule has 144 valence electrons. The van der Waals surface area contributed by atoms with Crippen LogP contribution in [0.2, 0.25) is 0 Å². The van der Waals surface area contributed by atoms with Crippen LogP contribution in [-0.4, -0.2) is 22.8 Å². The van der Waals surface area contributed by atoms with Crippen molar-refractivity contribution >= 4 is 40.4 Å². The lowest BCUT2D eigenvalue weighted by atomic mass is 10.0. The largest absolute Gasteiger partial charge is 0.305 e. The number of aryl methyl sites for hydroxylation is 1. The molecule has 0 N–H and O–H groups in total. The lowest BCUT2D eigenvalue weighted by molar-refractivity contribution is -0.117. The molecule has 0 aromatic heterocycles. The average Bonchev–Trinajstić information content (AvgIpc) is 2.99. The highest BCUT2D eigenvalue weighted by atomic mass is 32.1. The van der Waals surface area contributed by atoms with E-state index in [0.717, 1.165) is 11.3 Å². The molecule has 1 amide bonds. The maximum atomic E-state index is 13.4. The summed E-state index contributed by atoms with van der Waals surface area (Å²) in [6.45, 7) is 1.97. The van der Waals surface area contributed by atoms with Gasteiger partial charge in [0.05, 0.1) is 5.69 Å². The molecule has 1 aliphatic rings. The number of carbonyl (C=O) groups excluding carboxylic acids is 2. The maximum absolute atomic E-state index is 13.4. The molecule has 3 aromatic rings. The van der Waals surface area contributed by atoms with Gasteiger partial charge in [0.25, 0.3) is 5.91 Å². The molecule has 4 nitrogen and oxygen atoms in total. The van der Waals surface area contributed by atoms with Crippen molar-refractivity contribution in [3.05, 3.63) is 96.1 Å². The van der Waals surface area contributed by atoms with Gasteiger partial charge in [-0.3, -0.25) is 14.5 Å². The Morgan fingerprint density at radius 2 is 1.41 bits per heavy atom. The lowest BCUT2D eigenvalue weighted by Gasteiger charge is -2.23. The van der Waals surface area contributed by atoms with Gasteiger partial charge in [0, 0.05) is 17.7 Å². The summed E-state index contributed by atoms with van der Waals surface area (Å²) in [4.78, 5) is 29.6. The second kappa shape index (κ2) is 7.97. The first-order chi connectivity index (χ1) is 14.1. The standard InChI is InChI=1S/C24H20N2O2S/c1-17-12-14-18(15-13-17)22(27)16-21-23(28)26(20-10-6-3-7-11-20)24(29)25(21)19-8-4-2-5-9-19/h2-15,21H,16H2,1H3/t21-/m1/s1. The van der Waals surface area contributed by atoms with Crippen LogP contribution >= 0.6 is 12.2 Å². The van der Waals surface area contributed by atoms with Crippen LogP contribution < -0.4 is 9.80 Å². The van der Waals surface area contributed by atoms with Crippen molar-refractivity contribution in [1.82, 2.24) is 0 Å². The van der Waals surface area contributed by atoms with Gasteiger partial charge < -0.3 is 4.90 Å². The van der Waals surface area contributed by atoms with E-state index >= 15 is 0 Å². The van der Waals surface area contributed by atoms with Crippen LogP contribution in [0.15, 0.2) is 84.9 Å². The molecule has 0 radical (unpaired) electrons. The third-order valence-corrected chi connectivity index (χ3v) is 5.39. The summed E-state index contributed by atoms with van der Waals surface area (Å²) in [5, 5.41) is 0.383. The van der Waals surface area contributed by atoms with Gasteiger partial charge in [-0.2, -0.15) is 0 Å². The predicted octanol–water partition coefficient (Wildman–Crippen LogP) is 4.77. The van der Waals surface area contributed by atoms with Gasteiger partial charge >= 0.3 is 0 Å². The minimum atomic E-state index is -0.682. The number of para-hydroxylation sites is 2. The molecule has 1 heterocycles. The number of thiocarbonyl (C=S) groups is 1. The fraction of sp³-hybridized carbons (Fsp3) is 0.125. The quantitative estimate of drug-likeness (QED) is 0.457. The number of carbonyl (C=O) groups is 2. The summed E-state index contributed by atoms with van der Waals surface area (Å²) in [7, 11) is 0. The van der Waals surface area contributed by atoms with Gasteiger partial charge in [-0.25, -0.2) is 0 Å². The van der Waals surface area contributed by atoms with E-state index in [4.69, 9.17) is 12.2 Å². The van der Waals surface area contributed by atoms with Crippen molar-refractivity contribution in [2.45, 2.75) is 19.4 Å². The lowest BCUT2D eigenvalue weighted by Crippen LogP contribution is -2.36. The first-order valence-electron chi connectivity index (χ1n) is 9.43. The summed E-state index contributed by atoms with van der Waals surface area (Å²) >= 11 is 5.69. The third kappa shape index (κ3) is 3.69. The minimum Gasteiger partial charge on any atom is -0.305 e. The first kappa shape index (κ1) is 19.0. The second-order valence-corrected chi connectivity index (χ2v) is 7.37. The molecule has 3 aromatic carbocycles. The van der Waals surface area contributed by atoms with Crippen molar-refractivity contribution in [3.8, 4) is 0 Å². The number of Topliss-reactive ketones (excluding diaryl/α,β-unsaturated/α-hetero) is 1. The molecule has 0 aliphatic carbocycles. The zero-order chi connectivity index (χ0) is 20.4. The Bertz CT molecular complexity index is 1050. The third-order valence-electron chi connectivity index (χ3n) is 5.02. The van der Waals surface area contributed by atoms with Crippen LogP contribution in [0, 0.1) is 6.92 Å². The van der Waals surface area contributed by atoms with Gasteiger partial charge in [0.1, 0.15) is 6.04 Å². The Morgan fingerprint density at radius 1 is 0.862 bits per heavy atom. The number of amides is 1. The molecular weight excluding hydrogens is 380 g/mol. The number of hydrogen-bond donors (Lipinski definition) is 0. The molecule has 0 saturated carbocycles. The Kier molecular flexibility index (Phi) is 5.23. The van der Waals surface area contributed by atoms with Crippen LogP contribution in [0.1, 0.15) is 22.3 Å². The highest BCUT2D eigenvalue weighted by Crippen LogP contribution is 2.32. The molecule has 29 heavy (non-hydrogen) atoms. The van der Waals surface area contributed by atoms with Crippen LogP contribution in [0.25, 0.3) is 0 Å². The van der Waals surface area contributed by atoms with Crippen LogP contribution in [0.3, 0.4) is 0 Å². The van der Waals surface area contributed by atoms with E-state index in [1.807, 2.05) is 79.7 Å². The number of anilines is 2. The van der Waals surface area contributed by atoms with Crippen LogP contribution in [0.5, 0.6) is 0 Å². The summed E-state index contributed by atoms with van der Waals surface area (Å²) in [5.41, 5.74) is 3.18. The maximum Gasteiger partial charge on any atom is 0.256 e. The van der Waals surface area contributed by atoms with Gasteiger partial charge in [-0.05, 0) is 43.4 Å². The van der Waals surface area contributed by atoms with Crippen molar-refractivity contribution < 1.29 is 9.59 Å². The Morgan fingerprint density at radius 3 is 2.00 bits per heavy atom. The van der Waals surface area contributed by atoms with Crippen molar-refractivity contribution in [1.29, 1.82) is 0 Å². The first-order valence-corrected chi connectivity index (χ1v) is 9.84. The van der Waals surface area contributed by atoms with Crippen LogP contribution in [0.4, 0.5) is 11.4 Å². The van der Waals surface area contributed by atoms with Gasteiger partial charge in [-0.1, -0.05) is 66.2 Å². The normalized spacial score (nSPS) is 16.4. The number of hydrogen-bond acceptors (Lipinski definition) is 3. The van der Waals surface area contributed by atoms with Gasteiger partial charge in [0.2, 0.25) is 0 Å². The van der Waals surface area contributed by atoms with E-state index in [9.17, 15) is 9.59 Å². The fourth-order valence-corrected chi connectivity index (χ4v) is 3.93. The average molecular weight is 401 g/mol. The van der Waals surface area contributed by atoms with Crippen molar-refractivity contribution in [2.75, 3.05) is 9.80 Å². The van der Waals surface area contributed by atoms with E-state index in [1.54, 1.807) is 17.0 Å². The van der Waals surface area contributed by atoms with Gasteiger partial charge in [-0.15, -0.1) is 0 Å². The zero-order valence-corrected chi connectivity index (χ0v) is 16.8. The monoisotopic (exact) mass is 400 g/mol. The smallest absolute Gasteiger partial charge is 0.256 e. The highest BCUT2D eigenvalue weighted by molar-refractivity contribution is 7.81. The summed E-state index contributed by atoms with van der Waals surface area (Å²) in [6.07, 6.45) is 0.0558. The number of nitrogens with zero attached hydrogens (tertiary/aromatic N) is 2. The Balaban J connectivity index is 1.70. The minimum absolute atomic E-state index is 0.0558. The van der Waals surface area contributed by atoms with Crippen LogP contribution in [-0.2, 0) is 4.79 Å². The molecule has 1 fully saturated rings. The van der Waals surface area contributed by atoms with E-state index in [-0.39, 0.29) is 18.1 Å². The number of ketones is 1. The van der Waals surface area contributed by atoms with Crippen molar-refractivity contribution in [2.24, 2.45) is 0 Å². The molecule has 0 bridgehead atoms. The Hall–Kier alpha value is -3.31. The van der Waals surface area contributed by atoms with Crippen molar-refractivity contribution in [3.63, 3.8) is 0 Å². The van der Waals surface area contributed by atoms with E-state index in [1.165, 1.54) is 4.90 Å². The molecule has 0 unspecified atom stereocenters. The van der Waals surface area contributed by atoms with E-state index in [2.05, 4.69) is 0 Å². The predicted molar refractivity (Wildman–Crippen MR) is 119 cm³/mol. The van der Waals surface area contributed by atoms with Gasteiger partial charge in [0.15, 0.2) is 10.9 Å².